The largest absolute Gasteiger partial charge is 0.390 e. The minimum atomic E-state index is -3.33. The highest BCUT2D eigenvalue weighted by atomic mass is 19.3. The van der Waals surface area contributed by atoms with Gasteiger partial charge in [-0.15, -0.1) is 0 Å². The lowest BCUT2D eigenvalue weighted by molar-refractivity contribution is -0.172. The average molecular weight is 280 g/mol. The number of amides is 1. The third-order valence-corrected chi connectivity index (χ3v) is 3.97. The fourth-order valence-electron chi connectivity index (χ4n) is 2.24. The molecule has 4 N–H and O–H groups in total. The first-order chi connectivity index (χ1) is 8.60. The van der Waals surface area contributed by atoms with Crippen molar-refractivity contribution in [3.05, 3.63) is 0 Å². The molecule has 1 amide bonds. The maximum absolute atomic E-state index is 12.9. The van der Waals surface area contributed by atoms with Crippen LogP contribution in [0.2, 0.25) is 0 Å². The molecule has 1 rings (SSSR count). The van der Waals surface area contributed by atoms with E-state index in [-0.39, 0.29) is 6.10 Å². The third kappa shape index (κ3) is 2.88. The van der Waals surface area contributed by atoms with Crippen LogP contribution in [-0.4, -0.2) is 48.3 Å². The van der Waals surface area contributed by atoms with Crippen molar-refractivity contribution in [3.63, 3.8) is 0 Å². The van der Waals surface area contributed by atoms with E-state index in [9.17, 15) is 13.6 Å². The van der Waals surface area contributed by atoms with Crippen LogP contribution >= 0.6 is 0 Å². The van der Waals surface area contributed by atoms with Crippen LogP contribution in [0.3, 0.4) is 0 Å². The Labute approximate surface area is 111 Å². The van der Waals surface area contributed by atoms with Gasteiger partial charge in [0.15, 0.2) is 0 Å². The van der Waals surface area contributed by atoms with Gasteiger partial charge in [0.1, 0.15) is 12.1 Å². The van der Waals surface area contributed by atoms with Gasteiger partial charge in [-0.1, -0.05) is 13.8 Å². The Morgan fingerprint density at radius 3 is 2.58 bits per heavy atom. The summed E-state index contributed by atoms with van der Waals surface area (Å²) in [6.45, 7) is 3.68. The van der Waals surface area contributed by atoms with E-state index in [1.807, 2.05) is 6.92 Å². The van der Waals surface area contributed by atoms with Gasteiger partial charge in [0.25, 0.3) is 5.92 Å². The second kappa shape index (κ2) is 5.30. The number of halogens is 2. The predicted octanol–water partition coefficient (Wildman–Crippen LogP) is 0.263. The summed E-state index contributed by atoms with van der Waals surface area (Å²) in [6, 6.07) is 0. The minimum Gasteiger partial charge on any atom is -0.390 e. The molecule has 0 bridgehead atoms. The van der Waals surface area contributed by atoms with Gasteiger partial charge in [-0.05, 0) is 6.92 Å². The second-order valence-electron chi connectivity index (χ2n) is 5.54. The molecule has 1 fully saturated rings. The van der Waals surface area contributed by atoms with Crippen LogP contribution in [0, 0.1) is 5.41 Å². The van der Waals surface area contributed by atoms with E-state index in [0.29, 0.717) is 13.0 Å². The monoisotopic (exact) mass is 280 g/mol. The lowest BCUT2D eigenvalue weighted by Gasteiger charge is -2.57. The first-order valence-corrected chi connectivity index (χ1v) is 6.28. The molecule has 0 spiro atoms. The molecule has 1 aliphatic carbocycles. The highest BCUT2D eigenvalue weighted by Crippen LogP contribution is 2.49. The minimum absolute atomic E-state index is 0.161. The van der Waals surface area contributed by atoms with Crippen LogP contribution in [0.5, 0.6) is 0 Å². The summed E-state index contributed by atoms with van der Waals surface area (Å²) >= 11 is 0. The Morgan fingerprint density at radius 2 is 2.16 bits per heavy atom. The number of aliphatic hydroxyl groups excluding tert-OH is 1. The van der Waals surface area contributed by atoms with Gasteiger partial charge in [0.05, 0.1) is 12.6 Å². The number of ether oxygens (including phenoxy) is 1. The van der Waals surface area contributed by atoms with Crippen molar-refractivity contribution in [2.75, 3.05) is 19.8 Å². The Bertz CT molecular complexity index is 350. The molecule has 1 aliphatic rings. The zero-order valence-electron chi connectivity index (χ0n) is 11.5. The number of hydrogen-bond donors (Lipinski definition) is 3. The SMILES string of the molecule is CCOC1CC(N)(C(=O)NCC(F)(F)CO)C1(C)C. The van der Waals surface area contributed by atoms with Gasteiger partial charge in [0, 0.05) is 18.4 Å². The molecule has 1 saturated carbocycles. The molecule has 19 heavy (non-hydrogen) atoms. The zero-order chi connectivity index (χ0) is 14.9. The number of aliphatic hydroxyl groups is 1. The van der Waals surface area contributed by atoms with Crippen molar-refractivity contribution in [2.45, 2.75) is 44.8 Å². The Hall–Kier alpha value is -0.790. The molecule has 112 valence electrons. The van der Waals surface area contributed by atoms with Gasteiger partial charge in [-0.2, -0.15) is 0 Å². The Balaban J connectivity index is 2.63. The van der Waals surface area contributed by atoms with Crippen LogP contribution in [0.1, 0.15) is 27.2 Å². The van der Waals surface area contributed by atoms with E-state index >= 15 is 0 Å². The van der Waals surface area contributed by atoms with Crippen LogP contribution in [-0.2, 0) is 9.53 Å². The number of nitrogens with one attached hydrogen (secondary N) is 1. The molecule has 2 unspecified atom stereocenters. The van der Waals surface area contributed by atoms with E-state index < -0.39 is 35.9 Å². The number of hydrogen-bond acceptors (Lipinski definition) is 4. The van der Waals surface area contributed by atoms with Crippen LogP contribution in [0.25, 0.3) is 0 Å². The highest BCUT2D eigenvalue weighted by Gasteiger charge is 2.62. The third-order valence-electron chi connectivity index (χ3n) is 3.97. The molecule has 7 heteroatoms. The Morgan fingerprint density at radius 1 is 1.58 bits per heavy atom. The predicted molar refractivity (Wildman–Crippen MR) is 65.8 cm³/mol. The number of carbonyl (C=O) groups excluding carboxylic acids is 1. The first kappa shape index (κ1) is 16.3. The van der Waals surface area contributed by atoms with Crippen LogP contribution in [0.15, 0.2) is 0 Å². The summed E-state index contributed by atoms with van der Waals surface area (Å²) in [7, 11) is 0. The molecule has 0 aromatic carbocycles. The van der Waals surface area contributed by atoms with Crippen LogP contribution < -0.4 is 11.1 Å². The van der Waals surface area contributed by atoms with E-state index in [2.05, 4.69) is 5.32 Å². The fourth-order valence-corrected chi connectivity index (χ4v) is 2.24. The van der Waals surface area contributed by atoms with Crippen molar-refractivity contribution in [1.82, 2.24) is 5.32 Å². The summed E-state index contributed by atoms with van der Waals surface area (Å²) < 4.78 is 31.2. The van der Waals surface area contributed by atoms with Crippen molar-refractivity contribution in [2.24, 2.45) is 11.1 Å². The smallest absolute Gasteiger partial charge is 0.287 e. The van der Waals surface area contributed by atoms with Crippen molar-refractivity contribution in [3.8, 4) is 0 Å². The van der Waals surface area contributed by atoms with E-state index in [1.54, 1.807) is 13.8 Å². The molecule has 5 nitrogen and oxygen atoms in total. The standard InChI is InChI=1S/C12H22F2N2O3/c1-4-19-8-5-12(15,10(8,2)3)9(18)16-6-11(13,14)7-17/h8,17H,4-7,15H2,1-3H3,(H,16,18). The van der Waals surface area contributed by atoms with E-state index in [1.165, 1.54) is 0 Å². The number of rotatable bonds is 6. The Kier molecular flexibility index (Phi) is 4.54. The number of carbonyl (C=O) groups is 1. The highest BCUT2D eigenvalue weighted by molar-refractivity contribution is 5.88. The maximum Gasteiger partial charge on any atom is 0.287 e. The van der Waals surface area contributed by atoms with Gasteiger partial charge in [-0.25, -0.2) is 8.78 Å². The summed E-state index contributed by atoms with van der Waals surface area (Å²) in [6.07, 6.45) is 0.135. The quantitative estimate of drug-likeness (QED) is 0.651. The molecule has 0 aliphatic heterocycles. The maximum atomic E-state index is 12.9. The average Bonchev–Trinajstić information content (AvgIpc) is 2.35. The molecule has 2 atom stereocenters. The molecule has 0 heterocycles. The first-order valence-electron chi connectivity index (χ1n) is 6.28. The molecule has 0 aromatic heterocycles. The normalized spacial score (nSPS) is 29.7. The van der Waals surface area contributed by atoms with E-state index in [0.717, 1.165) is 0 Å². The molecular weight excluding hydrogens is 258 g/mol. The fraction of sp³-hybridized carbons (Fsp3) is 0.917. The van der Waals surface area contributed by atoms with Gasteiger partial charge in [0.2, 0.25) is 5.91 Å². The number of nitrogens with two attached hydrogens (primary N) is 1. The van der Waals surface area contributed by atoms with Crippen molar-refractivity contribution < 1.29 is 23.4 Å². The second-order valence-corrected chi connectivity index (χ2v) is 5.54. The van der Waals surface area contributed by atoms with Crippen LogP contribution in [0.4, 0.5) is 8.78 Å². The van der Waals surface area contributed by atoms with Gasteiger partial charge >= 0.3 is 0 Å². The summed E-state index contributed by atoms with van der Waals surface area (Å²) in [5.74, 6) is -3.97. The van der Waals surface area contributed by atoms with Gasteiger partial charge in [-0.3, -0.25) is 4.79 Å². The molecule has 0 aromatic rings. The van der Waals surface area contributed by atoms with Gasteiger partial charge < -0.3 is 20.9 Å². The summed E-state index contributed by atoms with van der Waals surface area (Å²) in [5.41, 5.74) is 4.17. The number of alkyl halides is 2. The topological polar surface area (TPSA) is 84.6 Å². The lowest BCUT2D eigenvalue weighted by atomic mass is 9.54. The van der Waals surface area contributed by atoms with Crippen molar-refractivity contribution >= 4 is 5.91 Å². The molecule has 0 radical (unpaired) electrons. The lowest BCUT2D eigenvalue weighted by Crippen LogP contribution is -2.76. The molecule has 0 saturated heterocycles. The molecular formula is C12H22F2N2O3. The summed E-state index contributed by atoms with van der Waals surface area (Å²) in [5, 5.41) is 10.5. The summed E-state index contributed by atoms with van der Waals surface area (Å²) in [4.78, 5) is 12.0. The van der Waals surface area contributed by atoms with Crippen molar-refractivity contribution in [1.29, 1.82) is 0 Å². The zero-order valence-corrected chi connectivity index (χ0v) is 11.5. The van der Waals surface area contributed by atoms with E-state index in [4.69, 9.17) is 15.6 Å².